The van der Waals surface area contributed by atoms with Crippen molar-refractivity contribution in [2.45, 2.75) is 71.4 Å². The highest BCUT2D eigenvalue weighted by Gasteiger charge is 2.21. The van der Waals surface area contributed by atoms with E-state index in [4.69, 9.17) is 0 Å². The van der Waals surface area contributed by atoms with E-state index in [1.807, 2.05) is 65.2 Å². The van der Waals surface area contributed by atoms with Gasteiger partial charge in [-0.05, 0) is 24.1 Å². The topological polar surface area (TPSA) is 45.6 Å². The molecular formula is C28H41N3O2. The van der Waals surface area contributed by atoms with Gasteiger partial charge in [0.05, 0.1) is 6.54 Å². The molecule has 5 nitrogen and oxygen atoms in total. The fourth-order valence-electron chi connectivity index (χ4n) is 3.96. The molecule has 2 amide bonds. The Morgan fingerprint density at radius 2 is 1.58 bits per heavy atom. The zero-order chi connectivity index (χ0) is 23.9. The third-order valence-electron chi connectivity index (χ3n) is 6.00. The summed E-state index contributed by atoms with van der Waals surface area (Å²) >= 11 is 0. The third kappa shape index (κ3) is 9.68. The van der Waals surface area contributed by atoms with Gasteiger partial charge in [-0.15, -0.1) is 6.58 Å². The van der Waals surface area contributed by atoms with Crippen molar-refractivity contribution in [2.75, 3.05) is 13.1 Å². The largest absolute Gasteiger partial charge is 0.353 e. The first-order valence-electron chi connectivity index (χ1n) is 12.4. The number of rotatable bonds is 16. The molecule has 2 aromatic rings. The molecule has 0 aliphatic carbocycles. The van der Waals surface area contributed by atoms with Crippen molar-refractivity contribution in [1.82, 2.24) is 14.4 Å². The zero-order valence-electron chi connectivity index (χ0n) is 20.5. The Morgan fingerprint density at radius 1 is 0.879 bits per heavy atom. The quantitative estimate of drug-likeness (QED) is 0.242. The number of carbonyl (C=O) groups is 2. The smallest absolute Gasteiger partial charge is 0.242 e. The van der Waals surface area contributed by atoms with Gasteiger partial charge in [0.1, 0.15) is 6.54 Å². The van der Waals surface area contributed by atoms with Gasteiger partial charge in [-0.3, -0.25) is 9.59 Å². The molecule has 0 saturated carbocycles. The average molecular weight is 452 g/mol. The van der Waals surface area contributed by atoms with Gasteiger partial charge in [0.15, 0.2) is 0 Å². The van der Waals surface area contributed by atoms with E-state index >= 15 is 0 Å². The van der Waals surface area contributed by atoms with Gasteiger partial charge >= 0.3 is 0 Å². The van der Waals surface area contributed by atoms with Gasteiger partial charge in [-0.2, -0.15) is 0 Å². The van der Waals surface area contributed by atoms with Crippen LogP contribution in [0.4, 0.5) is 0 Å². The summed E-state index contributed by atoms with van der Waals surface area (Å²) in [5.74, 6) is -0.00912. The fraction of sp³-hybridized carbons (Fsp3) is 0.500. The molecule has 0 radical (unpaired) electrons. The van der Waals surface area contributed by atoms with Crippen LogP contribution in [0, 0.1) is 0 Å². The molecule has 1 heterocycles. The molecule has 0 aliphatic heterocycles. The Hall–Kier alpha value is -2.82. The summed E-state index contributed by atoms with van der Waals surface area (Å²) < 4.78 is 2.03. The molecule has 180 valence electrons. The van der Waals surface area contributed by atoms with Crippen LogP contribution >= 0.6 is 0 Å². The number of carbonyl (C=O) groups excluding carboxylic acids is 2. The molecule has 0 spiro atoms. The van der Waals surface area contributed by atoms with Crippen molar-refractivity contribution in [3.8, 4) is 0 Å². The van der Waals surface area contributed by atoms with Gasteiger partial charge in [-0.25, -0.2) is 0 Å². The summed E-state index contributed by atoms with van der Waals surface area (Å²) in [6.07, 6.45) is 12.4. The van der Waals surface area contributed by atoms with Crippen LogP contribution in [0.3, 0.4) is 0 Å². The number of aryl methyl sites for hydroxylation is 1. The number of unbranched alkanes of at least 4 members (excludes halogenated alkanes) is 6. The summed E-state index contributed by atoms with van der Waals surface area (Å²) in [5, 5.41) is 0. The summed E-state index contributed by atoms with van der Waals surface area (Å²) in [6, 6.07) is 14.0. The Morgan fingerprint density at radius 3 is 2.21 bits per heavy atom. The van der Waals surface area contributed by atoms with Crippen LogP contribution in [0.15, 0.2) is 61.3 Å². The summed E-state index contributed by atoms with van der Waals surface area (Å²) in [7, 11) is 1.98. The van der Waals surface area contributed by atoms with E-state index in [1.165, 1.54) is 32.1 Å². The maximum atomic E-state index is 13.3. The number of amides is 2. The van der Waals surface area contributed by atoms with Crippen molar-refractivity contribution in [1.29, 1.82) is 0 Å². The molecule has 0 fully saturated rings. The second-order valence-corrected chi connectivity index (χ2v) is 8.78. The first-order chi connectivity index (χ1) is 16.0. The minimum Gasteiger partial charge on any atom is -0.353 e. The van der Waals surface area contributed by atoms with Gasteiger partial charge in [0.25, 0.3) is 0 Å². The number of aromatic nitrogens is 1. The Balaban J connectivity index is 1.96. The van der Waals surface area contributed by atoms with Gasteiger partial charge in [-0.1, -0.05) is 81.9 Å². The molecule has 0 N–H and O–H groups in total. The van der Waals surface area contributed by atoms with Crippen molar-refractivity contribution in [3.63, 3.8) is 0 Å². The molecule has 1 aromatic heterocycles. The predicted molar refractivity (Wildman–Crippen MR) is 135 cm³/mol. The van der Waals surface area contributed by atoms with Crippen molar-refractivity contribution in [3.05, 3.63) is 72.6 Å². The molecule has 0 bridgehead atoms. The van der Waals surface area contributed by atoms with E-state index in [0.29, 0.717) is 26.1 Å². The maximum Gasteiger partial charge on any atom is 0.242 e. The van der Waals surface area contributed by atoms with Gasteiger partial charge in [0, 0.05) is 38.4 Å². The van der Waals surface area contributed by atoms with Crippen LogP contribution in [-0.4, -0.2) is 39.3 Å². The maximum absolute atomic E-state index is 13.3. The molecule has 2 rings (SSSR count). The lowest BCUT2D eigenvalue weighted by Gasteiger charge is -2.27. The Labute approximate surface area is 200 Å². The Bertz CT molecular complexity index is 844. The van der Waals surface area contributed by atoms with Crippen molar-refractivity contribution >= 4 is 11.8 Å². The van der Waals surface area contributed by atoms with Crippen LogP contribution in [0.2, 0.25) is 0 Å². The molecule has 0 atom stereocenters. The molecule has 1 aromatic carbocycles. The SMILES string of the molecule is C=CCN(CC(=O)N(Cc1ccccc1)Cc1cccn1C)C(=O)CCCCCCCCC. The number of benzene rings is 1. The van der Waals surface area contributed by atoms with Gasteiger partial charge in [0.2, 0.25) is 11.8 Å². The lowest BCUT2D eigenvalue weighted by atomic mass is 10.1. The van der Waals surface area contributed by atoms with Crippen LogP contribution in [0.5, 0.6) is 0 Å². The molecule has 5 heteroatoms. The second kappa shape index (κ2) is 15.1. The summed E-state index contributed by atoms with van der Waals surface area (Å²) in [5.41, 5.74) is 2.13. The van der Waals surface area contributed by atoms with Crippen LogP contribution in [-0.2, 0) is 29.7 Å². The highest BCUT2D eigenvalue weighted by atomic mass is 16.2. The fourth-order valence-corrected chi connectivity index (χ4v) is 3.96. The van der Waals surface area contributed by atoms with Gasteiger partial charge < -0.3 is 14.4 Å². The second-order valence-electron chi connectivity index (χ2n) is 8.78. The number of hydrogen-bond donors (Lipinski definition) is 0. The van der Waals surface area contributed by atoms with Crippen LogP contribution in [0.1, 0.15) is 69.5 Å². The Kier molecular flexibility index (Phi) is 12.1. The summed E-state index contributed by atoms with van der Waals surface area (Å²) in [6.45, 7) is 7.50. The third-order valence-corrected chi connectivity index (χ3v) is 6.00. The van der Waals surface area contributed by atoms with Crippen molar-refractivity contribution in [2.24, 2.45) is 7.05 Å². The van der Waals surface area contributed by atoms with E-state index < -0.39 is 0 Å². The molecular weight excluding hydrogens is 410 g/mol. The zero-order valence-corrected chi connectivity index (χ0v) is 20.5. The van der Waals surface area contributed by atoms with Crippen LogP contribution < -0.4 is 0 Å². The first kappa shape index (κ1) is 26.4. The minimum absolute atomic E-state index is 0.0373. The number of hydrogen-bond acceptors (Lipinski definition) is 2. The van der Waals surface area contributed by atoms with E-state index in [-0.39, 0.29) is 18.4 Å². The van der Waals surface area contributed by atoms with E-state index in [1.54, 1.807) is 11.0 Å². The normalized spacial score (nSPS) is 10.7. The average Bonchev–Trinajstić information content (AvgIpc) is 3.22. The standard InChI is InChI=1S/C28H41N3O2/c1-4-6-7-8-9-10-14-19-27(32)30(20-5-2)24-28(33)31(22-25-16-12-11-13-17-25)23-26-18-15-21-29(26)3/h5,11-13,15-18,21H,2,4,6-10,14,19-20,22-24H2,1,3H3. The minimum atomic E-state index is -0.0465. The van der Waals surface area contributed by atoms with E-state index in [9.17, 15) is 9.59 Å². The van der Waals surface area contributed by atoms with E-state index in [0.717, 1.165) is 24.1 Å². The molecule has 0 aliphatic rings. The van der Waals surface area contributed by atoms with E-state index in [2.05, 4.69) is 13.5 Å². The number of nitrogens with zero attached hydrogens (tertiary/aromatic N) is 3. The molecule has 0 unspecified atom stereocenters. The highest BCUT2D eigenvalue weighted by Crippen LogP contribution is 2.13. The lowest BCUT2D eigenvalue weighted by molar-refractivity contribution is -0.141. The van der Waals surface area contributed by atoms with Crippen molar-refractivity contribution < 1.29 is 9.59 Å². The highest BCUT2D eigenvalue weighted by molar-refractivity contribution is 5.85. The summed E-state index contributed by atoms with van der Waals surface area (Å²) in [4.78, 5) is 29.7. The predicted octanol–water partition coefficient (Wildman–Crippen LogP) is 5.71. The lowest BCUT2D eigenvalue weighted by Crippen LogP contribution is -2.42. The molecule has 0 saturated heterocycles. The monoisotopic (exact) mass is 451 g/mol. The first-order valence-corrected chi connectivity index (χ1v) is 12.4. The van der Waals surface area contributed by atoms with Crippen LogP contribution in [0.25, 0.3) is 0 Å². The molecule has 33 heavy (non-hydrogen) atoms.